The Hall–Kier alpha value is -3.10. The topological polar surface area (TPSA) is 66.7 Å². The highest BCUT2D eigenvalue weighted by atomic mass is 32.1. The van der Waals surface area contributed by atoms with Gasteiger partial charge in [0.05, 0.1) is 11.9 Å². The molecular weight excluding hydrogens is 376 g/mol. The van der Waals surface area contributed by atoms with Gasteiger partial charge in [0, 0.05) is 17.3 Å². The third-order valence-electron chi connectivity index (χ3n) is 4.03. The van der Waals surface area contributed by atoms with Crippen LogP contribution in [0.1, 0.15) is 11.1 Å². The molecule has 0 aliphatic carbocycles. The van der Waals surface area contributed by atoms with Crippen molar-refractivity contribution >= 4 is 30.7 Å². The standard InChI is InChI=1S/C19H16N6S2/c1-13-6-5-7-14(10-13)17-15(11-20-25-18(26)21-22-19(25)27)12-24(23-17)16-8-3-2-4-9-16/h2-12H,1H3,(H,21,26)(H,22,27)/b20-11-. The maximum atomic E-state index is 5.19. The molecule has 2 heterocycles. The van der Waals surface area contributed by atoms with Gasteiger partial charge >= 0.3 is 0 Å². The summed E-state index contributed by atoms with van der Waals surface area (Å²) in [6.45, 7) is 2.06. The van der Waals surface area contributed by atoms with E-state index in [1.807, 2.05) is 53.3 Å². The maximum absolute atomic E-state index is 5.19. The molecule has 0 aliphatic rings. The highest BCUT2D eigenvalue weighted by Gasteiger charge is 2.11. The van der Waals surface area contributed by atoms with E-state index in [1.54, 1.807) is 6.21 Å². The quantitative estimate of drug-likeness (QED) is 0.392. The second kappa shape index (κ2) is 7.26. The molecule has 8 heteroatoms. The van der Waals surface area contributed by atoms with Gasteiger partial charge in [-0.2, -0.15) is 14.9 Å². The minimum Gasteiger partial charge on any atom is -0.273 e. The third-order valence-corrected chi connectivity index (χ3v) is 4.58. The van der Waals surface area contributed by atoms with Crippen LogP contribution in [0.5, 0.6) is 0 Å². The van der Waals surface area contributed by atoms with Gasteiger partial charge in [-0.3, -0.25) is 10.2 Å². The van der Waals surface area contributed by atoms with Crippen molar-refractivity contribution in [2.75, 3.05) is 0 Å². The first kappa shape index (κ1) is 17.3. The minimum absolute atomic E-state index is 0.406. The molecule has 0 spiro atoms. The van der Waals surface area contributed by atoms with Gasteiger partial charge in [0.2, 0.25) is 9.54 Å². The summed E-state index contributed by atoms with van der Waals surface area (Å²) >= 11 is 10.4. The number of aromatic nitrogens is 5. The summed E-state index contributed by atoms with van der Waals surface area (Å²) in [5.41, 5.74) is 4.86. The number of aromatic amines is 2. The third kappa shape index (κ3) is 3.57. The molecular formula is C19H16N6S2. The molecule has 0 saturated carbocycles. The zero-order valence-corrected chi connectivity index (χ0v) is 16.1. The van der Waals surface area contributed by atoms with Crippen molar-refractivity contribution in [3.63, 3.8) is 0 Å². The molecule has 27 heavy (non-hydrogen) atoms. The molecule has 0 bridgehead atoms. The van der Waals surface area contributed by atoms with Crippen molar-refractivity contribution in [3.8, 4) is 16.9 Å². The van der Waals surface area contributed by atoms with Crippen molar-refractivity contribution in [3.05, 3.63) is 81.5 Å². The van der Waals surface area contributed by atoms with Crippen LogP contribution in [-0.2, 0) is 0 Å². The highest BCUT2D eigenvalue weighted by molar-refractivity contribution is 7.72. The summed E-state index contributed by atoms with van der Waals surface area (Å²) in [7, 11) is 0. The van der Waals surface area contributed by atoms with E-state index < -0.39 is 0 Å². The molecule has 0 unspecified atom stereocenters. The fourth-order valence-electron chi connectivity index (χ4n) is 2.74. The lowest BCUT2D eigenvalue weighted by molar-refractivity contribution is 0.848. The van der Waals surface area contributed by atoms with Gasteiger partial charge in [-0.15, -0.1) is 0 Å². The SMILES string of the molecule is Cc1cccc(-c2nn(-c3ccccc3)cc2/C=N\n2c(=S)[nH][nH]c2=S)c1. The Balaban J connectivity index is 1.85. The van der Waals surface area contributed by atoms with Crippen molar-refractivity contribution in [2.24, 2.45) is 5.10 Å². The van der Waals surface area contributed by atoms with Crippen LogP contribution in [0.25, 0.3) is 16.9 Å². The molecule has 4 rings (SSSR count). The van der Waals surface area contributed by atoms with E-state index in [0.29, 0.717) is 9.54 Å². The van der Waals surface area contributed by atoms with Crippen molar-refractivity contribution in [2.45, 2.75) is 6.92 Å². The van der Waals surface area contributed by atoms with Crippen LogP contribution in [0, 0.1) is 16.5 Å². The number of nitrogens with one attached hydrogen (secondary N) is 2. The molecule has 134 valence electrons. The minimum atomic E-state index is 0.406. The lowest BCUT2D eigenvalue weighted by atomic mass is 10.1. The van der Waals surface area contributed by atoms with Crippen LogP contribution in [-0.4, -0.2) is 30.9 Å². The van der Waals surface area contributed by atoms with Gasteiger partial charge in [-0.05, 0) is 49.6 Å². The first-order valence-electron chi connectivity index (χ1n) is 8.28. The van der Waals surface area contributed by atoms with E-state index in [9.17, 15) is 0 Å². The van der Waals surface area contributed by atoms with Gasteiger partial charge in [0.15, 0.2) is 0 Å². The Morgan fingerprint density at radius 3 is 2.44 bits per heavy atom. The summed E-state index contributed by atoms with van der Waals surface area (Å²) in [6, 6.07) is 18.2. The summed E-state index contributed by atoms with van der Waals surface area (Å²) in [4.78, 5) is 0. The number of aryl methyl sites for hydroxylation is 1. The van der Waals surface area contributed by atoms with E-state index in [1.165, 1.54) is 10.2 Å². The molecule has 4 aromatic rings. The summed E-state index contributed by atoms with van der Waals surface area (Å²) in [5.74, 6) is 0. The zero-order valence-electron chi connectivity index (χ0n) is 14.5. The van der Waals surface area contributed by atoms with E-state index in [2.05, 4.69) is 34.4 Å². The monoisotopic (exact) mass is 392 g/mol. The van der Waals surface area contributed by atoms with Crippen molar-refractivity contribution in [1.29, 1.82) is 0 Å². The first-order valence-corrected chi connectivity index (χ1v) is 9.09. The highest BCUT2D eigenvalue weighted by Crippen LogP contribution is 2.23. The van der Waals surface area contributed by atoms with Gasteiger partial charge in [-0.1, -0.05) is 42.0 Å². The van der Waals surface area contributed by atoms with Crippen molar-refractivity contribution in [1.82, 2.24) is 24.7 Å². The lowest BCUT2D eigenvalue weighted by Gasteiger charge is -2.01. The van der Waals surface area contributed by atoms with Gasteiger partial charge in [0.25, 0.3) is 0 Å². The smallest absolute Gasteiger partial charge is 0.215 e. The van der Waals surface area contributed by atoms with Crippen LogP contribution in [0.15, 0.2) is 65.9 Å². The fourth-order valence-corrected chi connectivity index (χ4v) is 3.18. The molecule has 0 atom stereocenters. The fraction of sp³-hybridized carbons (Fsp3) is 0.0526. The Kier molecular flexibility index (Phi) is 4.66. The number of para-hydroxylation sites is 1. The second-order valence-corrected chi connectivity index (χ2v) is 6.77. The first-order chi connectivity index (χ1) is 13.1. The van der Waals surface area contributed by atoms with Crippen molar-refractivity contribution < 1.29 is 0 Å². The average Bonchev–Trinajstić information content (AvgIpc) is 3.24. The second-order valence-electron chi connectivity index (χ2n) is 6.00. The van der Waals surface area contributed by atoms with Gasteiger partial charge in [0.1, 0.15) is 5.69 Å². The largest absolute Gasteiger partial charge is 0.273 e. The number of hydrogen-bond donors (Lipinski definition) is 2. The van der Waals surface area contributed by atoms with E-state index >= 15 is 0 Å². The molecule has 2 N–H and O–H groups in total. The summed E-state index contributed by atoms with van der Waals surface area (Å²) in [6.07, 6.45) is 3.66. The Labute approximate surface area is 165 Å². The molecule has 0 amide bonds. The maximum Gasteiger partial charge on any atom is 0.215 e. The normalized spacial score (nSPS) is 11.3. The summed E-state index contributed by atoms with van der Waals surface area (Å²) < 4.78 is 4.12. The number of benzene rings is 2. The Morgan fingerprint density at radius 1 is 1.00 bits per heavy atom. The molecule has 0 saturated heterocycles. The van der Waals surface area contributed by atoms with Crippen LogP contribution in [0.4, 0.5) is 0 Å². The number of rotatable bonds is 4. The predicted octanol–water partition coefficient (Wildman–Crippen LogP) is 4.65. The molecule has 0 aliphatic heterocycles. The van der Waals surface area contributed by atoms with Crippen LogP contribution in [0.2, 0.25) is 0 Å². The lowest BCUT2D eigenvalue weighted by Crippen LogP contribution is -1.94. The van der Waals surface area contributed by atoms with Gasteiger partial charge < -0.3 is 0 Å². The average molecular weight is 393 g/mol. The molecule has 2 aromatic carbocycles. The molecule has 0 fully saturated rings. The van der Waals surface area contributed by atoms with Crippen LogP contribution in [0.3, 0.4) is 0 Å². The van der Waals surface area contributed by atoms with Crippen LogP contribution < -0.4 is 0 Å². The Bertz CT molecular complexity index is 1200. The summed E-state index contributed by atoms with van der Waals surface area (Å²) in [5, 5.41) is 14.7. The van der Waals surface area contributed by atoms with E-state index in [4.69, 9.17) is 29.5 Å². The molecule has 0 radical (unpaired) electrons. The number of H-pyrrole nitrogens is 2. The Morgan fingerprint density at radius 2 is 1.74 bits per heavy atom. The number of nitrogens with zero attached hydrogens (tertiary/aromatic N) is 4. The molecule has 6 nitrogen and oxygen atoms in total. The van der Waals surface area contributed by atoms with E-state index in [0.717, 1.165) is 22.5 Å². The van der Waals surface area contributed by atoms with Gasteiger partial charge in [-0.25, -0.2) is 4.68 Å². The molecule has 2 aromatic heterocycles. The van der Waals surface area contributed by atoms with Crippen LogP contribution >= 0.6 is 24.4 Å². The zero-order chi connectivity index (χ0) is 18.8. The number of hydrogen-bond acceptors (Lipinski definition) is 4. The van der Waals surface area contributed by atoms with E-state index in [-0.39, 0.29) is 0 Å². The predicted molar refractivity (Wildman–Crippen MR) is 112 cm³/mol.